The molecule has 0 spiro atoms. The molecule has 0 aromatic heterocycles. The van der Waals surface area contributed by atoms with E-state index >= 15 is 0 Å². The van der Waals surface area contributed by atoms with Crippen molar-refractivity contribution in [3.05, 3.63) is 65.7 Å². The molecule has 2 heteroatoms. The van der Waals surface area contributed by atoms with Crippen LogP contribution in [0.5, 0.6) is 5.75 Å². The van der Waals surface area contributed by atoms with Gasteiger partial charge in [0.1, 0.15) is 5.75 Å². The Hall–Kier alpha value is -1.80. The Balaban J connectivity index is 1.81. The minimum Gasteiger partial charge on any atom is -0.494 e. The Morgan fingerprint density at radius 3 is 2.62 bits per heavy atom. The van der Waals surface area contributed by atoms with Crippen molar-refractivity contribution in [1.82, 2.24) is 5.32 Å². The molecular formula is C19H23NO. The number of nitrogens with one attached hydrogen (secondary N) is 1. The zero-order valence-electron chi connectivity index (χ0n) is 12.6. The van der Waals surface area contributed by atoms with Crippen molar-refractivity contribution in [3.8, 4) is 5.75 Å². The summed E-state index contributed by atoms with van der Waals surface area (Å²) < 4.78 is 5.82. The molecule has 2 aromatic rings. The number of para-hydroxylation sites is 1. The highest BCUT2D eigenvalue weighted by Gasteiger charge is 2.30. The van der Waals surface area contributed by atoms with E-state index in [1.165, 1.54) is 17.5 Å². The highest BCUT2D eigenvalue weighted by Crippen LogP contribution is 2.35. The maximum absolute atomic E-state index is 5.82. The van der Waals surface area contributed by atoms with Crippen LogP contribution in [-0.4, -0.2) is 19.2 Å². The minimum atomic E-state index is 0.494. The third kappa shape index (κ3) is 3.27. The van der Waals surface area contributed by atoms with Crippen LogP contribution in [0.2, 0.25) is 0 Å². The van der Waals surface area contributed by atoms with E-state index in [1.807, 2.05) is 6.92 Å². The summed E-state index contributed by atoms with van der Waals surface area (Å²) in [5, 5.41) is 3.67. The Kier molecular flexibility index (Phi) is 4.56. The lowest BCUT2D eigenvalue weighted by Gasteiger charge is -2.22. The van der Waals surface area contributed by atoms with Crippen molar-refractivity contribution < 1.29 is 4.74 Å². The molecule has 3 rings (SSSR count). The van der Waals surface area contributed by atoms with Crippen molar-refractivity contribution in [1.29, 1.82) is 0 Å². The molecule has 2 nitrogen and oxygen atoms in total. The second kappa shape index (κ2) is 6.77. The van der Waals surface area contributed by atoms with Gasteiger partial charge >= 0.3 is 0 Å². The van der Waals surface area contributed by atoms with Crippen LogP contribution in [0.25, 0.3) is 0 Å². The quantitative estimate of drug-likeness (QED) is 0.900. The SMILES string of the molecule is CCOc1ccccc1C1CCNC1Cc1ccccc1. The monoisotopic (exact) mass is 281 g/mol. The van der Waals surface area contributed by atoms with Crippen molar-refractivity contribution in [2.45, 2.75) is 31.7 Å². The van der Waals surface area contributed by atoms with Crippen LogP contribution in [0.3, 0.4) is 0 Å². The van der Waals surface area contributed by atoms with Crippen molar-refractivity contribution in [2.24, 2.45) is 0 Å². The highest BCUT2D eigenvalue weighted by molar-refractivity contribution is 5.38. The maximum Gasteiger partial charge on any atom is 0.122 e. The molecular weight excluding hydrogens is 258 g/mol. The summed E-state index contributed by atoms with van der Waals surface area (Å²) in [7, 11) is 0. The standard InChI is InChI=1S/C19H23NO/c1-2-21-19-11-7-6-10-17(19)16-12-13-20-18(16)14-15-8-4-3-5-9-15/h3-11,16,18,20H,2,12-14H2,1H3. The summed E-state index contributed by atoms with van der Waals surface area (Å²) in [5.41, 5.74) is 2.75. The van der Waals surface area contributed by atoms with E-state index in [9.17, 15) is 0 Å². The first-order valence-electron chi connectivity index (χ1n) is 7.87. The van der Waals surface area contributed by atoms with E-state index in [0.29, 0.717) is 12.0 Å². The first kappa shape index (κ1) is 14.2. The summed E-state index contributed by atoms with van der Waals surface area (Å²) in [6, 6.07) is 19.7. The summed E-state index contributed by atoms with van der Waals surface area (Å²) in [5.74, 6) is 1.58. The van der Waals surface area contributed by atoms with Crippen molar-refractivity contribution in [3.63, 3.8) is 0 Å². The Morgan fingerprint density at radius 1 is 1.05 bits per heavy atom. The molecule has 1 saturated heterocycles. The van der Waals surface area contributed by atoms with E-state index in [4.69, 9.17) is 4.74 Å². The van der Waals surface area contributed by atoms with Gasteiger partial charge in [0, 0.05) is 12.0 Å². The third-order valence-corrected chi connectivity index (χ3v) is 4.26. The number of benzene rings is 2. The molecule has 0 amide bonds. The zero-order chi connectivity index (χ0) is 14.5. The molecule has 110 valence electrons. The smallest absolute Gasteiger partial charge is 0.122 e. The molecule has 1 fully saturated rings. The van der Waals surface area contributed by atoms with Gasteiger partial charge in [0.25, 0.3) is 0 Å². The molecule has 1 aliphatic heterocycles. The zero-order valence-corrected chi connectivity index (χ0v) is 12.6. The van der Waals surface area contributed by atoms with E-state index in [-0.39, 0.29) is 0 Å². The van der Waals surface area contributed by atoms with Crippen LogP contribution in [-0.2, 0) is 6.42 Å². The minimum absolute atomic E-state index is 0.494. The van der Waals surface area contributed by atoms with E-state index in [2.05, 4.69) is 59.9 Å². The van der Waals surface area contributed by atoms with E-state index in [1.54, 1.807) is 0 Å². The predicted octanol–water partition coefficient (Wildman–Crippen LogP) is 3.77. The van der Waals surface area contributed by atoms with Crippen molar-refractivity contribution >= 4 is 0 Å². The number of rotatable bonds is 5. The average molecular weight is 281 g/mol. The second-order valence-electron chi connectivity index (χ2n) is 5.62. The number of hydrogen-bond acceptors (Lipinski definition) is 2. The lowest BCUT2D eigenvalue weighted by molar-refractivity contribution is 0.332. The molecule has 0 aliphatic carbocycles. The van der Waals surface area contributed by atoms with Crippen LogP contribution < -0.4 is 10.1 Å². The lowest BCUT2D eigenvalue weighted by Crippen LogP contribution is -2.28. The second-order valence-corrected chi connectivity index (χ2v) is 5.62. The number of hydrogen-bond donors (Lipinski definition) is 1. The number of ether oxygens (including phenoxy) is 1. The molecule has 0 radical (unpaired) electrons. The van der Waals surface area contributed by atoms with Gasteiger partial charge in [-0.2, -0.15) is 0 Å². The van der Waals surface area contributed by atoms with Gasteiger partial charge < -0.3 is 10.1 Å². The normalized spacial score (nSPS) is 21.4. The van der Waals surface area contributed by atoms with E-state index < -0.39 is 0 Å². The third-order valence-electron chi connectivity index (χ3n) is 4.26. The van der Waals surface area contributed by atoms with Gasteiger partial charge in [-0.15, -0.1) is 0 Å². The Bertz CT molecular complexity index is 567. The van der Waals surface area contributed by atoms with Gasteiger partial charge in [-0.05, 0) is 43.5 Å². The van der Waals surface area contributed by atoms with Gasteiger partial charge in [-0.25, -0.2) is 0 Å². The molecule has 1 aliphatic rings. The van der Waals surface area contributed by atoms with Crippen LogP contribution in [0.15, 0.2) is 54.6 Å². The fraction of sp³-hybridized carbons (Fsp3) is 0.368. The largest absolute Gasteiger partial charge is 0.494 e. The molecule has 0 saturated carbocycles. The first-order chi connectivity index (χ1) is 10.4. The van der Waals surface area contributed by atoms with Crippen LogP contribution in [0.4, 0.5) is 0 Å². The van der Waals surface area contributed by atoms with Gasteiger partial charge in [0.15, 0.2) is 0 Å². The Labute approximate surface area is 127 Å². The lowest BCUT2D eigenvalue weighted by atomic mass is 9.88. The molecule has 2 atom stereocenters. The highest BCUT2D eigenvalue weighted by atomic mass is 16.5. The summed E-state index contributed by atoms with van der Waals surface area (Å²) in [6.07, 6.45) is 2.26. The van der Waals surface area contributed by atoms with Gasteiger partial charge in [0.2, 0.25) is 0 Å². The van der Waals surface area contributed by atoms with Gasteiger partial charge in [-0.3, -0.25) is 0 Å². The molecule has 2 unspecified atom stereocenters. The van der Waals surface area contributed by atoms with Crippen LogP contribution in [0.1, 0.15) is 30.4 Å². The summed E-state index contributed by atoms with van der Waals surface area (Å²) >= 11 is 0. The van der Waals surface area contributed by atoms with Crippen LogP contribution >= 0.6 is 0 Å². The van der Waals surface area contributed by atoms with E-state index in [0.717, 1.165) is 25.3 Å². The molecule has 21 heavy (non-hydrogen) atoms. The summed E-state index contributed by atoms with van der Waals surface area (Å²) in [6.45, 7) is 3.86. The topological polar surface area (TPSA) is 21.3 Å². The molecule has 2 aromatic carbocycles. The fourth-order valence-corrected chi connectivity index (χ4v) is 3.30. The van der Waals surface area contributed by atoms with Gasteiger partial charge in [-0.1, -0.05) is 48.5 Å². The average Bonchev–Trinajstić information content (AvgIpc) is 2.97. The first-order valence-corrected chi connectivity index (χ1v) is 7.87. The fourth-order valence-electron chi connectivity index (χ4n) is 3.30. The molecule has 0 bridgehead atoms. The van der Waals surface area contributed by atoms with Crippen molar-refractivity contribution in [2.75, 3.05) is 13.2 Å². The van der Waals surface area contributed by atoms with Gasteiger partial charge in [0.05, 0.1) is 6.61 Å². The molecule has 1 N–H and O–H groups in total. The van der Waals surface area contributed by atoms with Crippen LogP contribution in [0, 0.1) is 0 Å². The predicted molar refractivity (Wildman–Crippen MR) is 86.9 cm³/mol. The maximum atomic E-state index is 5.82. The summed E-state index contributed by atoms with van der Waals surface area (Å²) in [4.78, 5) is 0. The molecule has 1 heterocycles. The Morgan fingerprint density at radius 2 is 1.81 bits per heavy atom.